The minimum atomic E-state index is -0.230. The highest BCUT2D eigenvalue weighted by Gasteiger charge is 2.19. The van der Waals surface area contributed by atoms with Crippen molar-refractivity contribution in [1.29, 1.82) is 0 Å². The summed E-state index contributed by atoms with van der Waals surface area (Å²) < 4.78 is 0. The Morgan fingerprint density at radius 3 is 2.88 bits per heavy atom. The summed E-state index contributed by atoms with van der Waals surface area (Å²) in [5, 5.41) is 3.44. The molecule has 2 aromatic carbocycles. The average Bonchev–Trinajstić information content (AvgIpc) is 3.22. The lowest BCUT2D eigenvalue weighted by atomic mass is 10.1. The van der Waals surface area contributed by atoms with Crippen molar-refractivity contribution in [1.82, 2.24) is 10.2 Å². The molecule has 0 aromatic heterocycles. The van der Waals surface area contributed by atoms with Gasteiger partial charge in [0.2, 0.25) is 5.91 Å². The molecule has 1 N–H and O–H groups in total. The van der Waals surface area contributed by atoms with Gasteiger partial charge in [0, 0.05) is 53.4 Å². The van der Waals surface area contributed by atoms with Crippen LogP contribution < -0.4 is 10.2 Å². The highest BCUT2D eigenvalue weighted by Crippen LogP contribution is 2.37. The average molecular weight is 473 g/mol. The molecule has 0 bridgehead atoms. The number of hydrogen-bond donors (Lipinski definition) is 1. The molecular weight excluding hydrogens is 448 g/mol. The number of amides is 2. The second-order valence-electron chi connectivity index (χ2n) is 7.74. The van der Waals surface area contributed by atoms with E-state index in [0.29, 0.717) is 42.3 Å². The Bertz CT molecular complexity index is 1040. The lowest BCUT2D eigenvalue weighted by molar-refractivity contribution is -0.215. The fourth-order valence-corrected chi connectivity index (χ4v) is 4.88. The van der Waals surface area contributed by atoms with E-state index in [-0.39, 0.29) is 11.8 Å². The van der Waals surface area contributed by atoms with Crippen molar-refractivity contribution < 1.29 is 19.4 Å². The van der Waals surface area contributed by atoms with Gasteiger partial charge in [-0.25, -0.2) is 0 Å². The van der Waals surface area contributed by atoms with Crippen LogP contribution in [0.25, 0.3) is 5.57 Å². The van der Waals surface area contributed by atoms with Gasteiger partial charge in [-0.15, -0.1) is 0 Å². The van der Waals surface area contributed by atoms with Gasteiger partial charge in [0.05, 0.1) is 11.6 Å². The minimum Gasteiger partial charge on any atom is -0.352 e. The van der Waals surface area contributed by atoms with Crippen LogP contribution in [0, 0.1) is 0 Å². The van der Waals surface area contributed by atoms with Crippen molar-refractivity contribution in [3.8, 4) is 5.75 Å². The predicted octanol–water partition coefficient (Wildman–Crippen LogP) is 4.50. The molecule has 2 aromatic rings. The molecule has 2 amide bonds. The number of carbonyl (C=O) groups excluding carboxylic acids is 2. The lowest BCUT2D eigenvalue weighted by Gasteiger charge is -2.16. The number of fused-ring (bicyclic) bond motifs is 1. The first kappa shape index (κ1) is 22.7. The van der Waals surface area contributed by atoms with E-state index in [1.807, 2.05) is 29.2 Å². The molecule has 8 heteroatoms. The fraction of sp³-hybridized carbons (Fsp3) is 0.333. The van der Waals surface area contributed by atoms with E-state index in [4.69, 9.17) is 21.4 Å². The third kappa shape index (κ3) is 5.46. The number of likely N-dealkylation sites (tertiary alicyclic amines) is 1. The summed E-state index contributed by atoms with van der Waals surface area (Å²) in [5.41, 5.74) is 2.15. The van der Waals surface area contributed by atoms with Gasteiger partial charge < -0.3 is 15.1 Å². The zero-order valence-corrected chi connectivity index (χ0v) is 19.3. The van der Waals surface area contributed by atoms with Crippen molar-refractivity contribution in [3.05, 3.63) is 59.1 Å². The minimum absolute atomic E-state index is 0.200. The Labute approximate surface area is 196 Å². The number of benzene rings is 2. The summed E-state index contributed by atoms with van der Waals surface area (Å²) in [6.07, 6.45) is 3.08. The Hall–Kier alpha value is -2.48. The SMILES string of the molecule is C=C(C(=O)NCCCN1CCCC1=O)c1ccc(Sc2ccc3c(c2)CCOO3)c(Cl)c1. The van der Waals surface area contributed by atoms with Crippen molar-refractivity contribution in [2.45, 2.75) is 35.5 Å². The smallest absolute Gasteiger partial charge is 0.251 e. The molecule has 0 saturated carbocycles. The predicted molar refractivity (Wildman–Crippen MR) is 125 cm³/mol. The van der Waals surface area contributed by atoms with Gasteiger partial charge >= 0.3 is 0 Å². The molecule has 4 rings (SSSR count). The molecule has 0 aliphatic carbocycles. The first-order valence-corrected chi connectivity index (χ1v) is 11.9. The number of hydrogen-bond acceptors (Lipinski definition) is 5. The van der Waals surface area contributed by atoms with Crippen LogP contribution in [0.3, 0.4) is 0 Å². The maximum Gasteiger partial charge on any atom is 0.251 e. The summed E-state index contributed by atoms with van der Waals surface area (Å²) >= 11 is 8.06. The van der Waals surface area contributed by atoms with Gasteiger partial charge in [0.25, 0.3) is 5.91 Å². The Balaban J connectivity index is 1.31. The van der Waals surface area contributed by atoms with Crippen LogP contribution in [-0.2, 0) is 20.9 Å². The molecule has 1 fully saturated rings. The van der Waals surface area contributed by atoms with Crippen LogP contribution in [-0.4, -0.2) is 43.0 Å². The molecular formula is C24H25ClN2O4S. The second kappa shape index (κ2) is 10.4. The monoisotopic (exact) mass is 472 g/mol. The Morgan fingerprint density at radius 2 is 2.09 bits per heavy atom. The lowest BCUT2D eigenvalue weighted by Crippen LogP contribution is -2.30. The van der Waals surface area contributed by atoms with Gasteiger partial charge in [-0.1, -0.05) is 36.0 Å². The van der Waals surface area contributed by atoms with E-state index < -0.39 is 0 Å². The van der Waals surface area contributed by atoms with Crippen molar-refractivity contribution >= 4 is 40.8 Å². The fourth-order valence-electron chi connectivity index (χ4n) is 3.70. The molecule has 2 aliphatic heterocycles. The summed E-state index contributed by atoms with van der Waals surface area (Å²) in [6.45, 7) is 6.45. The standard InChI is InChI=1S/C24H25ClN2O4S/c1-16(24(29)26-10-3-12-27-11-2-4-23(27)28)17-5-8-22(20(25)15-17)32-19-6-7-21-18(14-19)9-13-30-31-21/h5-8,14-15H,1-4,9-13H2,(H,26,29). The molecule has 2 heterocycles. The van der Waals surface area contributed by atoms with Crippen molar-refractivity contribution in [2.75, 3.05) is 26.2 Å². The quantitative estimate of drug-likeness (QED) is 0.348. The largest absolute Gasteiger partial charge is 0.352 e. The van der Waals surface area contributed by atoms with E-state index in [1.165, 1.54) is 0 Å². The van der Waals surface area contributed by atoms with Gasteiger partial charge in [-0.2, -0.15) is 4.89 Å². The summed E-state index contributed by atoms with van der Waals surface area (Å²) in [4.78, 5) is 38.1. The van der Waals surface area contributed by atoms with Crippen LogP contribution in [0.2, 0.25) is 5.02 Å². The molecule has 1 saturated heterocycles. The van der Waals surface area contributed by atoms with Gasteiger partial charge in [0.15, 0.2) is 5.75 Å². The van der Waals surface area contributed by atoms with Crippen molar-refractivity contribution in [2.24, 2.45) is 0 Å². The Morgan fingerprint density at radius 1 is 1.22 bits per heavy atom. The second-order valence-corrected chi connectivity index (χ2v) is 9.27. The molecule has 0 spiro atoms. The van der Waals surface area contributed by atoms with Crippen LogP contribution >= 0.6 is 23.4 Å². The third-order valence-corrected chi connectivity index (χ3v) is 6.97. The number of nitrogens with one attached hydrogen (secondary N) is 1. The highest BCUT2D eigenvalue weighted by molar-refractivity contribution is 7.99. The molecule has 168 valence electrons. The maximum absolute atomic E-state index is 12.5. The zero-order chi connectivity index (χ0) is 22.5. The highest BCUT2D eigenvalue weighted by atomic mass is 35.5. The van der Waals surface area contributed by atoms with E-state index in [0.717, 1.165) is 46.9 Å². The van der Waals surface area contributed by atoms with Crippen LogP contribution in [0.5, 0.6) is 5.75 Å². The number of halogens is 1. The number of rotatable bonds is 8. The van der Waals surface area contributed by atoms with E-state index in [1.54, 1.807) is 17.8 Å². The topological polar surface area (TPSA) is 67.9 Å². The van der Waals surface area contributed by atoms with Gasteiger partial charge in [-0.3, -0.25) is 9.59 Å². The molecule has 0 atom stereocenters. The summed E-state index contributed by atoms with van der Waals surface area (Å²) in [6, 6.07) is 11.5. The van der Waals surface area contributed by atoms with E-state index >= 15 is 0 Å². The number of nitrogens with zero attached hydrogens (tertiary/aromatic N) is 1. The maximum atomic E-state index is 12.5. The van der Waals surface area contributed by atoms with Crippen molar-refractivity contribution in [3.63, 3.8) is 0 Å². The molecule has 6 nitrogen and oxygen atoms in total. The molecule has 0 unspecified atom stereocenters. The van der Waals surface area contributed by atoms with Gasteiger partial charge in [-0.05, 0) is 48.7 Å². The summed E-state index contributed by atoms with van der Waals surface area (Å²) in [5.74, 6) is 0.716. The van der Waals surface area contributed by atoms with Gasteiger partial charge in [0.1, 0.15) is 0 Å². The normalized spacial score (nSPS) is 15.3. The number of carbonyl (C=O) groups is 2. The van der Waals surface area contributed by atoms with Crippen LogP contribution in [0.15, 0.2) is 52.8 Å². The van der Waals surface area contributed by atoms with Crippen LogP contribution in [0.1, 0.15) is 30.4 Å². The molecule has 32 heavy (non-hydrogen) atoms. The van der Waals surface area contributed by atoms with E-state index in [2.05, 4.69) is 18.0 Å². The zero-order valence-electron chi connectivity index (χ0n) is 17.7. The third-order valence-electron chi connectivity index (χ3n) is 5.48. The first-order chi connectivity index (χ1) is 15.5. The molecule has 0 radical (unpaired) electrons. The summed E-state index contributed by atoms with van der Waals surface area (Å²) in [7, 11) is 0. The first-order valence-electron chi connectivity index (χ1n) is 10.7. The molecule has 2 aliphatic rings. The van der Waals surface area contributed by atoms with Crippen LogP contribution in [0.4, 0.5) is 0 Å². The van der Waals surface area contributed by atoms with E-state index in [9.17, 15) is 9.59 Å². The Kier molecular flexibility index (Phi) is 7.40.